The molecule has 154 valence electrons. The van der Waals surface area contributed by atoms with Crippen LogP contribution in [0.1, 0.15) is 49.9 Å². The molecule has 0 bridgehead atoms. The molecule has 0 aliphatic carbocycles. The number of hydrogen-bond acceptors (Lipinski definition) is 4. The minimum absolute atomic E-state index is 0.490. The number of unbranched alkanes of at least 4 members (excludes halogenated alkanes) is 1. The van der Waals surface area contributed by atoms with E-state index in [2.05, 4.69) is 34.5 Å². The van der Waals surface area contributed by atoms with Crippen molar-refractivity contribution in [1.29, 1.82) is 0 Å². The number of rotatable bonds is 7. The summed E-state index contributed by atoms with van der Waals surface area (Å²) in [7, 11) is 2.05. The number of ether oxygens (including phenoxy) is 1. The molecule has 4 rings (SSSR count). The molecule has 0 unspecified atom stereocenters. The molecule has 3 heterocycles. The number of piperidine rings is 1. The van der Waals surface area contributed by atoms with Crippen LogP contribution in [0.15, 0.2) is 36.5 Å². The molecule has 0 N–H and O–H groups in total. The summed E-state index contributed by atoms with van der Waals surface area (Å²) in [6.45, 7) is 5.90. The Labute approximate surface area is 177 Å². The van der Waals surface area contributed by atoms with Gasteiger partial charge in [0.25, 0.3) is 0 Å². The SMILES string of the molecule is CCCCOc1ccc(Cl)cc1C1CCN(Cc2nc3cccnc3n2C)CC1. The Balaban J connectivity index is 1.41. The zero-order valence-corrected chi connectivity index (χ0v) is 18.0. The van der Waals surface area contributed by atoms with Crippen LogP contribution in [0, 0.1) is 0 Å². The molecule has 0 spiro atoms. The van der Waals surface area contributed by atoms with Crippen molar-refractivity contribution >= 4 is 22.8 Å². The van der Waals surface area contributed by atoms with E-state index < -0.39 is 0 Å². The van der Waals surface area contributed by atoms with Gasteiger partial charge in [-0.15, -0.1) is 0 Å². The Morgan fingerprint density at radius 2 is 2.03 bits per heavy atom. The van der Waals surface area contributed by atoms with Crippen LogP contribution in [0.5, 0.6) is 5.75 Å². The second-order valence-corrected chi connectivity index (χ2v) is 8.30. The van der Waals surface area contributed by atoms with Crippen LogP contribution >= 0.6 is 11.6 Å². The maximum atomic E-state index is 6.31. The van der Waals surface area contributed by atoms with Crippen LogP contribution in [0.3, 0.4) is 0 Å². The van der Waals surface area contributed by atoms with Crippen molar-refractivity contribution < 1.29 is 4.74 Å². The number of fused-ring (bicyclic) bond motifs is 1. The lowest BCUT2D eigenvalue weighted by molar-refractivity contribution is 0.196. The van der Waals surface area contributed by atoms with E-state index >= 15 is 0 Å². The second-order valence-electron chi connectivity index (χ2n) is 7.87. The Bertz CT molecular complexity index is 963. The summed E-state index contributed by atoms with van der Waals surface area (Å²) in [6.07, 6.45) is 6.25. The smallest absolute Gasteiger partial charge is 0.159 e. The number of halogens is 1. The van der Waals surface area contributed by atoms with Gasteiger partial charge < -0.3 is 9.30 Å². The van der Waals surface area contributed by atoms with Gasteiger partial charge in [0.15, 0.2) is 5.65 Å². The Kier molecular flexibility index (Phi) is 6.36. The molecule has 0 atom stereocenters. The highest BCUT2D eigenvalue weighted by atomic mass is 35.5. The third kappa shape index (κ3) is 4.57. The first-order chi connectivity index (χ1) is 14.2. The van der Waals surface area contributed by atoms with Crippen molar-refractivity contribution in [2.45, 2.75) is 45.1 Å². The standard InChI is InChI=1S/C23H29ClN4O/c1-3-4-14-29-21-8-7-18(24)15-19(21)17-9-12-28(13-10-17)16-22-26-20-6-5-11-25-23(20)27(22)2/h5-8,11,15,17H,3-4,9-10,12-14,16H2,1-2H3. The molecule has 0 radical (unpaired) electrons. The van der Waals surface area contributed by atoms with Crippen LogP contribution in [0.4, 0.5) is 0 Å². The molecular weight excluding hydrogens is 384 g/mol. The van der Waals surface area contributed by atoms with Crippen molar-refractivity contribution in [3.8, 4) is 5.75 Å². The number of likely N-dealkylation sites (tertiary alicyclic amines) is 1. The highest BCUT2D eigenvalue weighted by molar-refractivity contribution is 6.30. The Morgan fingerprint density at radius 1 is 1.21 bits per heavy atom. The van der Waals surface area contributed by atoms with E-state index in [4.69, 9.17) is 21.3 Å². The monoisotopic (exact) mass is 412 g/mol. The van der Waals surface area contributed by atoms with Gasteiger partial charge in [0.1, 0.15) is 17.1 Å². The highest BCUT2D eigenvalue weighted by Crippen LogP contribution is 2.36. The van der Waals surface area contributed by atoms with Gasteiger partial charge >= 0.3 is 0 Å². The van der Waals surface area contributed by atoms with Crippen molar-refractivity contribution in [2.75, 3.05) is 19.7 Å². The van der Waals surface area contributed by atoms with Crippen LogP contribution < -0.4 is 4.74 Å². The maximum absolute atomic E-state index is 6.31. The first-order valence-corrected chi connectivity index (χ1v) is 10.9. The summed E-state index contributed by atoms with van der Waals surface area (Å²) in [5.41, 5.74) is 3.18. The van der Waals surface area contributed by atoms with Crippen molar-refractivity contribution in [1.82, 2.24) is 19.4 Å². The average Bonchev–Trinajstić information content (AvgIpc) is 3.05. The minimum atomic E-state index is 0.490. The lowest BCUT2D eigenvalue weighted by Crippen LogP contribution is -2.33. The lowest BCUT2D eigenvalue weighted by atomic mass is 9.88. The number of pyridine rings is 1. The summed E-state index contributed by atoms with van der Waals surface area (Å²) < 4.78 is 8.17. The van der Waals surface area contributed by atoms with Crippen molar-refractivity contribution in [3.05, 3.63) is 52.9 Å². The number of imidazole rings is 1. The van der Waals surface area contributed by atoms with Gasteiger partial charge in [0, 0.05) is 18.3 Å². The summed E-state index contributed by atoms with van der Waals surface area (Å²) in [5.74, 6) is 2.56. The predicted molar refractivity (Wildman–Crippen MR) is 118 cm³/mol. The van der Waals surface area contributed by atoms with Gasteiger partial charge in [-0.2, -0.15) is 0 Å². The summed E-state index contributed by atoms with van der Waals surface area (Å²) in [4.78, 5) is 11.7. The van der Waals surface area contributed by atoms with Crippen molar-refractivity contribution in [3.63, 3.8) is 0 Å². The first kappa shape index (κ1) is 20.2. The summed E-state index contributed by atoms with van der Waals surface area (Å²) in [6, 6.07) is 10.0. The molecule has 0 amide bonds. The van der Waals surface area contributed by atoms with Crippen LogP contribution in [-0.4, -0.2) is 39.1 Å². The summed E-state index contributed by atoms with van der Waals surface area (Å²) >= 11 is 6.31. The molecule has 1 aromatic carbocycles. The molecule has 29 heavy (non-hydrogen) atoms. The van der Waals surface area contributed by atoms with Crippen molar-refractivity contribution in [2.24, 2.45) is 7.05 Å². The van der Waals surface area contributed by atoms with Crippen LogP contribution in [0.2, 0.25) is 5.02 Å². The van der Waals surface area contributed by atoms with Gasteiger partial charge in [-0.05, 0) is 74.2 Å². The largest absolute Gasteiger partial charge is 0.493 e. The van der Waals surface area contributed by atoms with Gasteiger partial charge in [-0.25, -0.2) is 9.97 Å². The van der Waals surface area contributed by atoms with Gasteiger partial charge in [-0.3, -0.25) is 4.90 Å². The topological polar surface area (TPSA) is 43.2 Å². The lowest BCUT2D eigenvalue weighted by Gasteiger charge is -2.32. The fourth-order valence-corrected chi connectivity index (χ4v) is 4.29. The molecular formula is C23H29ClN4O. The fraction of sp³-hybridized carbons (Fsp3) is 0.478. The second kappa shape index (κ2) is 9.14. The zero-order chi connectivity index (χ0) is 20.2. The van der Waals surface area contributed by atoms with Crippen LogP contribution in [-0.2, 0) is 13.6 Å². The van der Waals surface area contributed by atoms with E-state index in [-0.39, 0.29) is 0 Å². The molecule has 5 nitrogen and oxygen atoms in total. The zero-order valence-electron chi connectivity index (χ0n) is 17.3. The normalized spacial score (nSPS) is 15.8. The molecule has 1 aliphatic heterocycles. The molecule has 2 aromatic heterocycles. The van der Waals surface area contributed by atoms with Crippen LogP contribution in [0.25, 0.3) is 11.2 Å². The number of aryl methyl sites for hydroxylation is 1. The van der Waals surface area contributed by atoms with E-state index in [1.165, 1.54) is 5.56 Å². The molecule has 1 aliphatic rings. The Morgan fingerprint density at radius 3 is 2.79 bits per heavy atom. The number of aromatic nitrogens is 3. The first-order valence-electron chi connectivity index (χ1n) is 10.6. The molecule has 1 fully saturated rings. The molecule has 6 heteroatoms. The maximum Gasteiger partial charge on any atom is 0.159 e. The predicted octanol–water partition coefficient (Wildman–Crippen LogP) is 5.18. The molecule has 3 aromatic rings. The summed E-state index contributed by atoms with van der Waals surface area (Å²) in [5, 5.41) is 0.789. The highest BCUT2D eigenvalue weighted by Gasteiger charge is 2.24. The van der Waals surface area contributed by atoms with Gasteiger partial charge in [0.05, 0.1) is 13.2 Å². The molecule has 0 saturated carbocycles. The van der Waals surface area contributed by atoms with E-state index in [1.807, 2.05) is 30.5 Å². The quantitative estimate of drug-likeness (QED) is 0.501. The third-order valence-electron chi connectivity index (χ3n) is 5.84. The third-order valence-corrected chi connectivity index (χ3v) is 6.08. The van der Waals surface area contributed by atoms with Gasteiger partial charge in [0.2, 0.25) is 0 Å². The Hall–Kier alpha value is -2.11. The number of hydrogen-bond donors (Lipinski definition) is 0. The fourth-order valence-electron chi connectivity index (χ4n) is 4.11. The van der Waals surface area contributed by atoms with E-state index in [9.17, 15) is 0 Å². The number of nitrogens with zero attached hydrogens (tertiary/aromatic N) is 4. The van der Waals surface area contributed by atoms with E-state index in [1.54, 1.807) is 0 Å². The van der Waals surface area contributed by atoms with E-state index in [0.717, 1.165) is 79.7 Å². The molecule has 1 saturated heterocycles. The minimum Gasteiger partial charge on any atom is -0.493 e. The van der Waals surface area contributed by atoms with Gasteiger partial charge in [-0.1, -0.05) is 24.9 Å². The van der Waals surface area contributed by atoms with E-state index in [0.29, 0.717) is 5.92 Å². The average molecular weight is 413 g/mol. The number of benzene rings is 1.